The molecule has 0 heterocycles. The van der Waals surface area contributed by atoms with Crippen LogP contribution in [0.5, 0.6) is 0 Å². The molecule has 1 atom stereocenters. The number of halogens is 16. The molecule has 1 aromatic rings. The summed E-state index contributed by atoms with van der Waals surface area (Å²) in [5.41, 5.74) is 0.897. The van der Waals surface area contributed by atoms with Crippen LogP contribution in [-0.4, -0.2) is 73.2 Å². The minimum Gasteiger partial charge on any atom is -0.343 e. The molecule has 1 rings (SSSR count). The maximum absolute atomic E-state index is 14.2. The number of benzene rings is 1. The van der Waals surface area contributed by atoms with Gasteiger partial charge in [0.1, 0.15) is 0 Å². The lowest BCUT2D eigenvalue weighted by Crippen LogP contribution is -2.73. The summed E-state index contributed by atoms with van der Waals surface area (Å²) in [5.74, 6) is -48.1. The molecule has 1 unspecified atom stereocenters. The highest BCUT2D eigenvalue weighted by atomic mass is 31.2. The minimum atomic E-state index is -8.47. The Hall–Kier alpha value is -1.51. The summed E-state index contributed by atoms with van der Waals surface area (Å²) >= 11 is 0. The van der Waals surface area contributed by atoms with Crippen molar-refractivity contribution in [2.24, 2.45) is 11.8 Å². The van der Waals surface area contributed by atoms with Gasteiger partial charge in [0.15, 0.2) is 0 Å². The molecule has 0 bridgehead atoms. The van der Waals surface area contributed by atoms with E-state index in [1.165, 1.54) is 0 Å². The molecule has 0 fully saturated rings. The number of hydrogen-bond donors (Lipinski definition) is 0. The molecule has 0 aliphatic rings. The molecule has 0 N–H and O–H groups in total. The molecule has 0 aromatic heterocycles. The molecule has 0 aliphatic carbocycles. The molecule has 1 nitrogen and oxygen atoms in total. The predicted octanol–water partition coefficient (Wildman–Crippen LogP) is 10.6. The normalized spacial score (nSPS) is 15.8. The van der Waals surface area contributed by atoms with Crippen LogP contribution in [0.15, 0.2) is 30.3 Å². The quantitative estimate of drug-likeness (QED) is 0.0896. The maximum atomic E-state index is 14.2. The summed E-state index contributed by atoms with van der Waals surface area (Å²) in [4.78, 5) is 0. The van der Waals surface area contributed by atoms with Crippen LogP contribution in [0.2, 0.25) is 0 Å². The van der Waals surface area contributed by atoms with Gasteiger partial charge in [0.25, 0.3) is 6.36 Å². The van der Waals surface area contributed by atoms with E-state index < -0.39 is 61.9 Å². The highest BCUT2D eigenvalue weighted by Gasteiger charge is 2.94. The van der Waals surface area contributed by atoms with Gasteiger partial charge in [-0.1, -0.05) is 58.0 Å². The van der Waals surface area contributed by atoms with Gasteiger partial charge >= 0.3 is 41.7 Å². The third kappa shape index (κ3) is 7.88. The van der Waals surface area contributed by atoms with E-state index >= 15 is 0 Å². The zero-order chi connectivity index (χ0) is 34.8. The molecule has 0 saturated carbocycles. The lowest BCUT2D eigenvalue weighted by atomic mass is 9.91. The monoisotopic (exact) mass is 695 g/mol. The Labute approximate surface area is 244 Å². The van der Waals surface area contributed by atoms with E-state index in [9.17, 15) is 70.2 Å². The SMILES string of the molecule is CC(C)C[P+](CCCOC(F)C(F)(F)C(F)(F)C(F)(F)C(F)(F)C(F)(F)C(F)(F)C(F)(F)F)(Cc1ccccc1)CC(C)C. The summed E-state index contributed by atoms with van der Waals surface area (Å²) < 4.78 is 219. The molecule has 0 radical (unpaired) electrons. The fourth-order valence-corrected chi connectivity index (χ4v) is 10.6. The molecule has 0 spiro atoms. The number of ether oxygens (including phenoxy) is 1. The van der Waals surface area contributed by atoms with Crippen LogP contribution < -0.4 is 0 Å². The molecule has 1 aromatic carbocycles. The largest absolute Gasteiger partial charge is 0.460 e. The standard InChI is InChI=1S/C26H32F16OP/c1-16(2)13-44(14-17(3)4,15-18-9-6-5-7-10-18)12-8-11-43-19(27)20(28,29)21(30,31)22(32,33)23(34,35)24(36,37)25(38,39)26(40,41)42/h5-7,9-10,16-17,19H,8,11-15H2,1-4H3/q+1. The van der Waals surface area contributed by atoms with Crippen LogP contribution in [0.4, 0.5) is 70.2 Å². The summed E-state index contributed by atoms with van der Waals surface area (Å²) in [5, 5.41) is 0. The van der Waals surface area contributed by atoms with Crippen molar-refractivity contribution in [3.05, 3.63) is 35.9 Å². The second kappa shape index (κ2) is 13.7. The fourth-order valence-electron chi connectivity index (χ4n) is 4.80. The molecule has 258 valence electrons. The zero-order valence-electron chi connectivity index (χ0n) is 23.8. The molecular formula is C26H32F16OP+. The Morgan fingerprint density at radius 1 is 0.614 bits per heavy atom. The van der Waals surface area contributed by atoms with Crippen molar-refractivity contribution in [3.63, 3.8) is 0 Å². The molecule has 0 aliphatic heterocycles. The van der Waals surface area contributed by atoms with E-state index in [1.54, 1.807) is 18.2 Å². The van der Waals surface area contributed by atoms with Gasteiger partial charge in [-0.25, -0.2) is 4.39 Å². The summed E-state index contributed by atoms with van der Waals surface area (Å²) in [6, 6.07) is 8.90. The second-order valence-corrected chi connectivity index (χ2v) is 15.6. The smallest absolute Gasteiger partial charge is 0.343 e. The Morgan fingerprint density at radius 2 is 1.02 bits per heavy atom. The van der Waals surface area contributed by atoms with E-state index in [4.69, 9.17) is 0 Å². The first-order chi connectivity index (χ1) is 19.5. The maximum Gasteiger partial charge on any atom is 0.460 e. The van der Waals surface area contributed by atoms with E-state index in [0.29, 0.717) is 18.5 Å². The molecular weight excluding hydrogens is 663 g/mol. The summed E-state index contributed by atoms with van der Waals surface area (Å²) in [6.07, 6.45) is -11.0. The lowest BCUT2D eigenvalue weighted by Gasteiger charge is -2.41. The summed E-state index contributed by atoms with van der Waals surface area (Å²) in [7, 11) is -2.06. The average molecular weight is 695 g/mol. The van der Waals surface area contributed by atoms with Crippen LogP contribution in [0.3, 0.4) is 0 Å². The molecule has 0 amide bonds. The molecule has 44 heavy (non-hydrogen) atoms. The van der Waals surface area contributed by atoms with Crippen molar-refractivity contribution in [1.82, 2.24) is 0 Å². The first-order valence-corrected chi connectivity index (χ1v) is 15.6. The second-order valence-electron chi connectivity index (χ2n) is 11.4. The van der Waals surface area contributed by atoms with Crippen LogP contribution in [0.25, 0.3) is 0 Å². The van der Waals surface area contributed by atoms with Crippen LogP contribution >= 0.6 is 7.26 Å². The van der Waals surface area contributed by atoms with Gasteiger partial charge in [0.2, 0.25) is 0 Å². The first kappa shape index (κ1) is 40.5. The van der Waals surface area contributed by atoms with E-state index in [-0.39, 0.29) is 24.4 Å². The van der Waals surface area contributed by atoms with Gasteiger partial charge in [-0.3, -0.25) is 0 Å². The number of rotatable bonds is 17. The van der Waals surface area contributed by atoms with Crippen molar-refractivity contribution in [1.29, 1.82) is 0 Å². The number of hydrogen-bond acceptors (Lipinski definition) is 1. The number of alkyl halides is 16. The minimum absolute atomic E-state index is 0.107. The fraction of sp³-hybridized carbons (Fsp3) is 0.769. The van der Waals surface area contributed by atoms with Crippen LogP contribution in [0.1, 0.15) is 39.7 Å². The van der Waals surface area contributed by atoms with Gasteiger partial charge in [-0.15, -0.1) is 0 Å². The third-order valence-electron chi connectivity index (χ3n) is 6.54. The van der Waals surface area contributed by atoms with E-state index in [1.807, 2.05) is 39.8 Å². The third-order valence-corrected chi connectivity index (χ3v) is 11.9. The highest BCUT2D eigenvalue weighted by molar-refractivity contribution is 7.75. The van der Waals surface area contributed by atoms with Crippen molar-refractivity contribution >= 4 is 7.26 Å². The lowest BCUT2D eigenvalue weighted by molar-refractivity contribution is -0.458. The van der Waals surface area contributed by atoms with Crippen molar-refractivity contribution in [2.45, 2.75) is 88.3 Å². The molecule has 18 heteroatoms. The molecule has 0 saturated heterocycles. The van der Waals surface area contributed by atoms with Gasteiger partial charge in [0.05, 0.1) is 31.3 Å². The average Bonchev–Trinajstić information content (AvgIpc) is 2.84. The van der Waals surface area contributed by atoms with E-state index in [0.717, 1.165) is 5.56 Å². The van der Waals surface area contributed by atoms with E-state index in [2.05, 4.69) is 4.74 Å². The van der Waals surface area contributed by atoms with Gasteiger partial charge in [0, 0.05) is 13.7 Å². The van der Waals surface area contributed by atoms with Gasteiger partial charge < -0.3 is 4.74 Å². The topological polar surface area (TPSA) is 9.23 Å². The Morgan fingerprint density at radius 3 is 1.43 bits per heavy atom. The van der Waals surface area contributed by atoms with Gasteiger partial charge in [-0.05, 0) is 17.4 Å². The van der Waals surface area contributed by atoms with Crippen molar-refractivity contribution in [2.75, 3.05) is 25.1 Å². The highest BCUT2D eigenvalue weighted by Crippen LogP contribution is 2.65. The Balaban J connectivity index is 3.22. The zero-order valence-corrected chi connectivity index (χ0v) is 24.7. The van der Waals surface area contributed by atoms with Crippen LogP contribution in [0, 0.1) is 11.8 Å². The Kier molecular flexibility index (Phi) is 12.6. The Bertz CT molecular complexity index is 1030. The van der Waals surface area contributed by atoms with Crippen LogP contribution in [-0.2, 0) is 10.9 Å². The first-order valence-electron chi connectivity index (χ1n) is 13.0. The van der Waals surface area contributed by atoms with Gasteiger partial charge in [-0.2, -0.15) is 65.9 Å². The van der Waals surface area contributed by atoms with Crippen molar-refractivity contribution < 1.29 is 75.0 Å². The summed E-state index contributed by atoms with van der Waals surface area (Å²) in [6.45, 7) is 6.38. The predicted molar refractivity (Wildman–Crippen MR) is 133 cm³/mol. The van der Waals surface area contributed by atoms with Crippen molar-refractivity contribution in [3.8, 4) is 0 Å².